The zero-order valence-electron chi connectivity index (χ0n) is 9.65. The number of Topliss-reactive ketones (excluding diaryl/α,β-unsaturated/α-hetero) is 1. The molecule has 0 radical (unpaired) electrons. The van der Waals surface area contributed by atoms with Crippen molar-refractivity contribution in [2.75, 3.05) is 19.4 Å². The number of nitrogens with one attached hydrogen (secondary N) is 1. The average Bonchev–Trinajstić information content (AvgIpc) is 2.22. The molecule has 0 aliphatic carbocycles. The topological polar surface area (TPSA) is 89.5 Å². The Kier molecular flexibility index (Phi) is 6.20. The third kappa shape index (κ3) is 6.52. The maximum absolute atomic E-state index is 11.3. The van der Waals surface area contributed by atoms with Crippen LogP contribution in [0.2, 0.25) is 0 Å². The molecule has 0 rings (SSSR count). The van der Waals surface area contributed by atoms with Gasteiger partial charge in [0.2, 0.25) is 10.0 Å². The summed E-state index contributed by atoms with van der Waals surface area (Å²) in [5.41, 5.74) is 0. The van der Waals surface area contributed by atoms with Crippen molar-refractivity contribution in [1.82, 2.24) is 4.72 Å². The first kappa shape index (κ1) is 15.0. The number of esters is 1. The lowest BCUT2D eigenvalue weighted by atomic mass is 10.1. The maximum Gasteiger partial charge on any atom is 0.306 e. The lowest BCUT2D eigenvalue weighted by molar-refractivity contribution is -0.140. The van der Waals surface area contributed by atoms with Crippen molar-refractivity contribution in [3.8, 4) is 0 Å². The minimum absolute atomic E-state index is 0.193. The Bertz CT molecular complexity index is 347. The van der Waals surface area contributed by atoms with Crippen LogP contribution in [0.25, 0.3) is 0 Å². The van der Waals surface area contributed by atoms with Crippen molar-refractivity contribution >= 4 is 21.8 Å². The normalized spacial score (nSPS) is 11.5. The molecule has 0 atom stereocenters. The van der Waals surface area contributed by atoms with E-state index in [1.165, 1.54) is 7.11 Å². The molecule has 0 fully saturated rings. The molecule has 0 saturated heterocycles. The molecule has 16 heavy (non-hydrogen) atoms. The third-order valence-corrected chi connectivity index (χ3v) is 3.24. The van der Waals surface area contributed by atoms with E-state index in [9.17, 15) is 18.0 Å². The number of ketones is 1. The fourth-order valence-corrected chi connectivity index (χ4v) is 1.72. The molecule has 0 aliphatic rings. The summed E-state index contributed by atoms with van der Waals surface area (Å²) in [5, 5.41) is 0. The molecule has 0 aromatic heterocycles. The number of carbonyl (C=O) groups is 2. The van der Waals surface area contributed by atoms with Gasteiger partial charge in [-0.1, -0.05) is 13.8 Å². The predicted octanol–water partition coefficient (Wildman–Crippen LogP) is -0.306. The van der Waals surface area contributed by atoms with Gasteiger partial charge in [-0.05, 0) is 0 Å². The molecule has 1 N–H and O–H groups in total. The fourth-order valence-electron chi connectivity index (χ4n) is 0.777. The second kappa shape index (κ2) is 6.59. The average molecular weight is 251 g/mol. The van der Waals surface area contributed by atoms with E-state index in [1.54, 1.807) is 13.8 Å². The molecule has 0 unspecified atom stereocenters. The summed E-state index contributed by atoms with van der Waals surface area (Å²) in [4.78, 5) is 21.9. The molecule has 0 spiro atoms. The molecule has 0 amide bonds. The van der Waals surface area contributed by atoms with Crippen molar-refractivity contribution < 1.29 is 22.7 Å². The summed E-state index contributed by atoms with van der Waals surface area (Å²) in [6.07, 6.45) is -0.221. The van der Waals surface area contributed by atoms with E-state index >= 15 is 0 Å². The second-order valence-corrected chi connectivity index (χ2v) is 5.51. The van der Waals surface area contributed by atoms with E-state index < -0.39 is 16.0 Å². The van der Waals surface area contributed by atoms with Crippen LogP contribution in [0.3, 0.4) is 0 Å². The van der Waals surface area contributed by atoms with Crippen LogP contribution in [-0.4, -0.2) is 39.6 Å². The highest BCUT2D eigenvalue weighted by atomic mass is 32.2. The Morgan fingerprint density at radius 1 is 1.31 bits per heavy atom. The van der Waals surface area contributed by atoms with Crippen molar-refractivity contribution in [2.24, 2.45) is 5.92 Å². The van der Waals surface area contributed by atoms with E-state index in [0.29, 0.717) is 0 Å². The van der Waals surface area contributed by atoms with Gasteiger partial charge in [0.1, 0.15) is 5.78 Å². The lowest BCUT2D eigenvalue weighted by Gasteiger charge is -2.07. The van der Waals surface area contributed by atoms with Crippen LogP contribution in [0.1, 0.15) is 20.3 Å². The van der Waals surface area contributed by atoms with Crippen LogP contribution in [0.5, 0.6) is 0 Å². The molecule has 0 saturated carbocycles. The molecule has 94 valence electrons. The molecule has 0 heterocycles. The van der Waals surface area contributed by atoms with E-state index in [1.807, 2.05) is 0 Å². The molecule has 0 aromatic rings. The van der Waals surface area contributed by atoms with Crippen LogP contribution in [0.4, 0.5) is 0 Å². The summed E-state index contributed by atoms with van der Waals surface area (Å²) >= 11 is 0. The van der Waals surface area contributed by atoms with E-state index in [2.05, 4.69) is 9.46 Å². The van der Waals surface area contributed by atoms with Gasteiger partial charge in [-0.2, -0.15) is 0 Å². The third-order valence-electron chi connectivity index (χ3n) is 1.91. The van der Waals surface area contributed by atoms with Crippen molar-refractivity contribution in [3.63, 3.8) is 0 Å². The van der Waals surface area contributed by atoms with Crippen LogP contribution >= 0.6 is 0 Å². The summed E-state index contributed by atoms with van der Waals surface area (Å²) < 4.78 is 29.1. The fraction of sp³-hybridized carbons (Fsp3) is 0.778. The number of hydrogen-bond acceptors (Lipinski definition) is 5. The first-order chi connectivity index (χ1) is 7.28. The number of methoxy groups -OCH3 is 1. The molecule has 0 bridgehead atoms. The monoisotopic (exact) mass is 251 g/mol. The second-order valence-electron chi connectivity index (χ2n) is 3.59. The minimum Gasteiger partial charge on any atom is -0.469 e. The SMILES string of the molecule is COC(=O)CCS(=O)(=O)NCC(=O)C(C)C. The molecule has 0 aliphatic heterocycles. The minimum atomic E-state index is -3.59. The van der Waals surface area contributed by atoms with Gasteiger partial charge in [-0.3, -0.25) is 9.59 Å². The Morgan fingerprint density at radius 2 is 1.88 bits per heavy atom. The first-order valence-corrected chi connectivity index (χ1v) is 6.50. The predicted molar refractivity (Wildman–Crippen MR) is 58.3 cm³/mol. The first-order valence-electron chi connectivity index (χ1n) is 4.85. The summed E-state index contributed by atoms with van der Waals surface area (Å²) in [7, 11) is -2.40. The number of ether oxygens (including phenoxy) is 1. The Balaban J connectivity index is 4.07. The van der Waals surface area contributed by atoms with Crippen LogP contribution in [0.15, 0.2) is 0 Å². The maximum atomic E-state index is 11.3. The van der Waals surface area contributed by atoms with Crippen LogP contribution in [0, 0.1) is 5.92 Å². The molecular formula is C9H17NO5S. The van der Waals surface area contributed by atoms with Crippen LogP contribution < -0.4 is 4.72 Å². The van der Waals surface area contributed by atoms with E-state index in [-0.39, 0.29) is 30.4 Å². The highest BCUT2D eigenvalue weighted by Gasteiger charge is 2.16. The van der Waals surface area contributed by atoms with Gasteiger partial charge in [0, 0.05) is 5.92 Å². The van der Waals surface area contributed by atoms with Gasteiger partial charge in [0.25, 0.3) is 0 Å². The zero-order valence-corrected chi connectivity index (χ0v) is 10.5. The summed E-state index contributed by atoms with van der Waals surface area (Å²) in [5.74, 6) is -1.38. The van der Waals surface area contributed by atoms with Gasteiger partial charge < -0.3 is 4.74 Å². The Morgan fingerprint density at radius 3 is 2.31 bits per heavy atom. The van der Waals surface area contributed by atoms with Crippen LogP contribution in [-0.2, 0) is 24.3 Å². The van der Waals surface area contributed by atoms with Gasteiger partial charge in [-0.15, -0.1) is 0 Å². The van der Waals surface area contributed by atoms with E-state index in [4.69, 9.17) is 0 Å². The number of carbonyl (C=O) groups excluding carboxylic acids is 2. The molecule has 0 aromatic carbocycles. The highest BCUT2D eigenvalue weighted by molar-refractivity contribution is 7.89. The standard InChI is InChI=1S/C9H17NO5S/c1-7(2)8(11)6-10-16(13,14)5-4-9(12)15-3/h7,10H,4-6H2,1-3H3. The zero-order chi connectivity index (χ0) is 12.8. The largest absolute Gasteiger partial charge is 0.469 e. The molecule has 6 nitrogen and oxygen atoms in total. The lowest BCUT2D eigenvalue weighted by Crippen LogP contribution is -2.33. The van der Waals surface area contributed by atoms with Gasteiger partial charge in [0.15, 0.2) is 0 Å². The van der Waals surface area contributed by atoms with Gasteiger partial charge in [-0.25, -0.2) is 13.1 Å². The Labute approximate surface area is 95.4 Å². The van der Waals surface area contributed by atoms with Crippen molar-refractivity contribution in [3.05, 3.63) is 0 Å². The molecular weight excluding hydrogens is 234 g/mol. The van der Waals surface area contributed by atoms with E-state index in [0.717, 1.165) is 0 Å². The quantitative estimate of drug-likeness (QED) is 0.627. The highest BCUT2D eigenvalue weighted by Crippen LogP contribution is 1.95. The van der Waals surface area contributed by atoms with Crippen molar-refractivity contribution in [2.45, 2.75) is 20.3 Å². The number of hydrogen-bond donors (Lipinski definition) is 1. The summed E-state index contributed by atoms with van der Waals surface area (Å²) in [6.45, 7) is 3.14. The summed E-state index contributed by atoms with van der Waals surface area (Å²) in [6, 6.07) is 0. The number of sulfonamides is 1. The van der Waals surface area contributed by atoms with Crippen molar-refractivity contribution in [1.29, 1.82) is 0 Å². The van der Waals surface area contributed by atoms with Gasteiger partial charge >= 0.3 is 5.97 Å². The smallest absolute Gasteiger partial charge is 0.306 e. The molecule has 7 heteroatoms. The number of rotatable bonds is 7. The van der Waals surface area contributed by atoms with Gasteiger partial charge in [0.05, 0.1) is 25.8 Å². The Hall–Kier alpha value is -0.950.